The van der Waals surface area contributed by atoms with Crippen molar-refractivity contribution in [2.24, 2.45) is 23.2 Å². The van der Waals surface area contributed by atoms with Crippen molar-refractivity contribution in [1.29, 1.82) is 5.26 Å². The van der Waals surface area contributed by atoms with E-state index in [9.17, 15) is 14.9 Å². The summed E-state index contributed by atoms with van der Waals surface area (Å²) in [5.41, 5.74) is 1.42. The number of hydrogen-bond donors (Lipinski definition) is 1. The number of nitriles is 1. The van der Waals surface area contributed by atoms with Crippen LogP contribution in [0.25, 0.3) is 0 Å². The lowest BCUT2D eigenvalue weighted by Gasteiger charge is -2.56. The highest BCUT2D eigenvalue weighted by Gasteiger charge is 2.51. The molecule has 0 spiro atoms. The summed E-state index contributed by atoms with van der Waals surface area (Å²) in [6.07, 6.45) is 8.14. The lowest BCUT2D eigenvalue weighted by atomic mass is 9.49. The van der Waals surface area contributed by atoms with Crippen LogP contribution in [0.15, 0.2) is 30.3 Å². The second-order valence-electron chi connectivity index (χ2n) is 11.2. The van der Waals surface area contributed by atoms with Crippen molar-refractivity contribution in [2.75, 3.05) is 26.2 Å². The summed E-state index contributed by atoms with van der Waals surface area (Å²) in [4.78, 5) is 30.4. The molecule has 1 atom stereocenters. The zero-order valence-corrected chi connectivity index (χ0v) is 19.5. The average molecular weight is 449 g/mol. The van der Waals surface area contributed by atoms with Gasteiger partial charge in [-0.2, -0.15) is 5.26 Å². The van der Waals surface area contributed by atoms with Crippen molar-refractivity contribution in [1.82, 2.24) is 15.1 Å². The smallest absolute Gasteiger partial charge is 0.246 e. The van der Waals surface area contributed by atoms with Gasteiger partial charge in [0.1, 0.15) is 6.04 Å². The van der Waals surface area contributed by atoms with Crippen LogP contribution in [0.1, 0.15) is 56.9 Å². The molecule has 1 aromatic carbocycles. The van der Waals surface area contributed by atoms with Crippen molar-refractivity contribution < 1.29 is 9.59 Å². The molecule has 1 heterocycles. The predicted octanol–water partition coefficient (Wildman–Crippen LogP) is 3.34. The van der Waals surface area contributed by atoms with Gasteiger partial charge >= 0.3 is 0 Å². The lowest BCUT2D eigenvalue weighted by Crippen LogP contribution is -2.55. The fourth-order valence-corrected chi connectivity index (χ4v) is 7.57. The molecule has 0 aromatic heterocycles. The Morgan fingerprint density at radius 1 is 1.00 bits per heavy atom. The Bertz CT molecular complexity index is 865. The molecule has 6 nitrogen and oxygen atoms in total. The van der Waals surface area contributed by atoms with Crippen LogP contribution in [0.3, 0.4) is 0 Å². The quantitative estimate of drug-likeness (QED) is 0.694. The van der Waals surface area contributed by atoms with Gasteiger partial charge in [-0.25, -0.2) is 0 Å². The van der Waals surface area contributed by atoms with Crippen LogP contribution < -0.4 is 5.32 Å². The highest BCUT2D eigenvalue weighted by atomic mass is 16.2. The van der Waals surface area contributed by atoms with Crippen LogP contribution in [-0.4, -0.2) is 53.8 Å². The molecule has 4 bridgehead atoms. The molecule has 4 aliphatic carbocycles. The van der Waals surface area contributed by atoms with E-state index in [-0.39, 0.29) is 23.7 Å². The molecule has 5 aliphatic rings. The predicted molar refractivity (Wildman–Crippen MR) is 126 cm³/mol. The van der Waals surface area contributed by atoms with Crippen LogP contribution in [0.2, 0.25) is 0 Å². The van der Waals surface area contributed by atoms with E-state index < -0.39 is 6.04 Å². The van der Waals surface area contributed by atoms with E-state index in [1.807, 2.05) is 23.1 Å². The SMILES string of the molecule is N#CC[C@@H](NC(=O)CC12CC3CC(CC(C3)C1)C2)C(=O)N1CCN(Cc2ccccc2)CC1. The summed E-state index contributed by atoms with van der Waals surface area (Å²) in [5.74, 6) is 2.26. The number of carbonyl (C=O) groups is 2. The molecule has 6 heteroatoms. The first-order valence-electron chi connectivity index (χ1n) is 12.7. The molecule has 1 aliphatic heterocycles. The molecular formula is C27H36N4O2. The number of rotatable bonds is 7. The maximum absolute atomic E-state index is 13.2. The average Bonchev–Trinajstić information content (AvgIpc) is 2.78. The van der Waals surface area contributed by atoms with Crippen LogP contribution >= 0.6 is 0 Å². The second kappa shape index (κ2) is 9.46. The number of nitrogens with one attached hydrogen (secondary N) is 1. The van der Waals surface area contributed by atoms with Gasteiger partial charge < -0.3 is 10.2 Å². The molecule has 33 heavy (non-hydrogen) atoms. The number of benzene rings is 1. The number of hydrogen-bond acceptors (Lipinski definition) is 4. The third kappa shape index (κ3) is 5.09. The van der Waals surface area contributed by atoms with E-state index in [4.69, 9.17) is 0 Å². The molecule has 5 fully saturated rings. The first-order valence-corrected chi connectivity index (χ1v) is 12.7. The van der Waals surface area contributed by atoms with Crippen LogP contribution in [0.4, 0.5) is 0 Å². The zero-order chi connectivity index (χ0) is 22.8. The number of nitrogens with zero attached hydrogens (tertiary/aromatic N) is 3. The van der Waals surface area contributed by atoms with Gasteiger partial charge in [-0.15, -0.1) is 0 Å². The van der Waals surface area contributed by atoms with E-state index in [0.29, 0.717) is 19.5 Å². The highest BCUT2D eigenvalue weighted by molar-refractivity contribution is 5.88. The summed E-state index contributed by atoms with van der Waals surface area (Å²) in [5, 5.41) is 12.3. The number of piperazine rings is 1. The maximum Gasteiger partial charge on any atom is 0.246 e. The Kier molecular flexibility index (Phi) is 6.42. The molecule has 1 saturated heterocycles. The zero-order valence-electron chi connectivity index (χ0n) is 19.5. The van der Waals surface area contributed by atoms with Crippen LogP contribution in [-0.2, 0) is 16.1 Å². The molecule has 0 unspecified atom stereocenters. The van der Waals surface area contributed by atoms with Crippen molar-refractivity contribution in [3.63, 3.8) is 0 Å². The Morgan fingerprint density at radius 2 is 1.61 bits per heavy atom. The van der Waals surface area contributed by atoms with Crippen molar-refractivity contribution >= 4 is 11.8 Å². The van der Waals surface area contributed by atoms with E-state index in [1.165, 1.54) is 44.1 Å². The van der Waals surface area contributed by atoms with Crippen molar-refractivity contribution in [2.45, 2.75) is 64.0 Å². The molecule has 1 N–H and O–H groups in total. The van der Waals surface area contributed by atoms with Gasteiger partial charge in [0.15, 0.2) is 0 Å². The highest BCUT2D eigenvalue weighted by Crippen LogP contribution is 2.61. The van der Waals surface area contributed by atoms with Crippen molar-refractivity contribution in [3.05, 3.63) is 35.9 Å². The number of amides is 2. The summed E-state index contributed by atoms with van der Waals surface area (Å²) in [7, 11) is 0. The standard InChI is InChI=1S/C27H36N4O2/c28-7-6-24(26(33)31-10-8-30(9-11-31)19-20-4-2-1-3-5-20)29-25(32)18-27-15-21-12-22(16-27)14-23(13-21)17-27/h1-5,21-24H,6,8-19H2,(H,29,32)/t21?,22?,23?,24-,27?/m1/s1. The Hall–Kier alpha value is -2.39. The summed E-state index contributed by atoms with van der Waals surface area (Å²) in [6.45, 7) is 3.77. The Labute approximate surface area is 197 Å². The number of carbonyl (C=O) groups excluding carboxylic acids is 2. The minimum atomic E-state index is -0.725. The molecule has 6 rings (SSSR count). The van der Waals surface area contributed by atoms with Gasteiger partial charge in [-0.3, -0.25) is 14.5 Å². The van der Waals surface area contributed by atoms with E-state index >= 15 is 0 Å². The fraction of sp³-hybridized carbons (Fsp3) is 0.667. The summed E-state index contributed by atoms with van der Waals surface area (Å²) in [6, 6.07) is 11.8. The second-order valence-corrected chi connectivity index (χ2v) is 11.2. The minimum absolute atomic E-state index is 0.0340. The first-order chi connectivity index (χ1) is 16.0. The molecule has 176 valence electrons. The Balaban J connectivity index is 1.14. The van der Waals surface area contributed by atoms with Crippen LogP contribution in [0, 0.1) is 34.5 Å². The lowest BCUT2D eigenvalue weighted by molar-refractivity contribution is -0.140. The largest absolute Gasteiger partial charge is 0.343 e. The van der Waals surface area contributed by atoms with Gasteiger partial charge in [0, 0.05) is 39.1 Å². The van der Waals surface area contributed by atoms with Crippen molar-refractivity contribution in [3.8, 4) is 6.07 Å². The third-order valence-corrected chi connectivity index (χ3v) is 8.56. The first kappa shape index (κ1) is 22.4. The molecule has 4 saturated carbocycles. The Morgan fingerprint density at radius 3 is 2.18 bits per heavy atom. The molecule has 1 aromatic rings. The van der Waals surface area contributed by atoms with Crippen LogP contribution in [0.5, 0.6) is 0 Å². The molecule has 2 amide bonds. The van der Waals surface area contributed by atoms with Gasteiger partial charge in [-0.1, -0.05) is 30.3 Å². The van der Waals surface area contributed by atoms with E-state index in [2.05, 4.69) is 28.4 Å². The van der Waals surface area contributed by atoms with Gasteiger partial charge in [0.05, 0.1) is 12.5 Å². The minimum Gasteiger partial charge on any atom is -0.343 e. The molecular weight excluding hydrogens is 412 g/mol. The van der Waals surface area contributed by atoms with E-state index in [1.54, 1.807) is 0 Å². The maximum atomic E-state index is 13.2. The topological polar surface area (TPSA) is 76.4 Å². The summed E-state index contributed by atoms with van der Waals surface area (Å²) < 4.78 is 0. The third-order valence-electron chi connectivity index (χ3n) is 8.56. The fourth-order valence-electron chi connectivity index (χ4n) is 7.57. The van der Waals surface area contributed by atoms with Gasteiger partial charge in [0.2, 0.25) is 11.8 Å². The molecule has 0 radical (unpaired) electrons. The monoisotopic (exact) mass is 448 g/mol. The van der Waals surface area contributed by atoms with Gasteiger partial charge in [-0.05, 0) is 67.3 Å². The normalized spacial score (nSPS) is 31.7. The van der Waals surface area contributed by atoms with Gasteiger partial charge in [0.25, 0.3) is 0 Å². The summed E-state index contributed by atoms with van der Waals surface area (Å²) >= 11 is 0. The van der Waals surface area contributed by atoms with E-state index in [0.717, 1.165) is 37.4 Å².